The summed E-state index contributed by atoms with van der Waals surface area (Å²) in [5.74, 6) is 0. The summed E-state index contributed by atoms with van der Waals surface area (Å²) in [5, 5.41) is 4.73. The molecule has 0 atom stereocenters. The van der Waals surface area contributed by atoms with E-state index in [1.165, 1.54) is 5.57 Å². The Bertz CT molecular complexity index is 1340. The van der Waals surface area contributed by atoms with Crippen LogP contribution in [0.15, 0.2) is 60.9 Å². The van der Waals surface area contributed by atoms with Gasteiger partial charge in [-0.3, -0.25) is 19.2 Å². The number of fused-ring (bicyclic) bond motifs is 2. The lowest BCUT2D eigenvalue weighted by Gasteiger charge is -2.36. The average molecular weight is 499 g/mol. The summed E-state index contributed by atoms with van der Waals surface area (Å²) in [7, 11) is 0. The predicted octanol–water partition coefficient (Wildman–Crippen LogP) is 6.44. The Morgan fingerprint density at radius 3 is 2.57 bits per heavy atom. The number of anilines is 1. The molecule has 0 unspecified atom stereocenters. The van der Waals surface area contributed by atoms with E-state index in [4.69, 9.17) is 9.97 Å². The summed E-state index contributed by atoms with van der Waals surface area (Å²) in [4.78, 5) is 14.7. The van der Waals surface area contributed by atoms with Crippen LogP contribution in [-0.4, -0.2) is 69.5 Å². The highest BCUT2D eigenvalue weighted by atomic mass is 15.3. The second-order valence-corrected chi connectivity index (χ2v) is 9.74. The number of nitrogens with zero attached hydrogens (tertiary/aromatic N) is 5. The van der Waals surface area contributed by atoms with Crippen LogP contribution in [0.1, 0.15) is 47.2 Å². The largest absolute Gasteiger partial charge is 0.382 e. The molecule has 1 aliphatic heterocycles. The van der Waals surface area contributed by atoms with Crippen molar-refractivity contribution in [3.8, 4) is 11.3 Å². The van der Waals surface area contributed by atoms with Gasteiger partial charge < -0.3 is 5.32 Å². The van der Waals surface area contributed by atoms with E-state index in [2.05, 4.69) is 95.9 Å². The minimum absolute atomic E-state index is 0.641. The number of piperazine rings is 1. The molecule has 6 heteroatoms. The van der Waals surface area contributed by atoms with Crippen molar-refractivity contribution in [3.05, 3.63) is 66.6 Å². The predicted molar refractivity (Wildman–Crippen MR) is 158 cm³/mol. The first-order valence-electron chi connectivity index (χ1n) is 13.7. The third kappa shape index (κ3) is 6.03. The van der Waals surface area contributed by atoms with Crippen LogP contribution in [0.5, 0.6) is 0 Å². The van der Waals surface area contributed by atoms with Crippen LogP contribution < -0.4 is 5.32 Å². The molecule has 0 saturated carbocycles. The molecule has 0 radical (unpaired) electrons. The number of rotatable bonds is 7. The lowest BCUT2D eigenvalue weighted by molar-refractivity contribution is 0.111. The van der Waals surface area contributed by atoms with Gasteiger partial charge in [-0.05, 0) is 63.6 Å². The van der Waals surface area contributed by atoms with Gasteiger partial charge in [0.1, 0.15) is 5.65 Å². The van der Waals surface area contributed by atoms with Crippen molar-refractivity contribution in [1.29, 1.82) is 0 Å². The van der Waals surface area contributed by atoms with Gasteiger partial charge in [0.2, 0.25) is 0 Å². The van der Waals surface area contributed by atoms with E-state index >= 15 is 0 Å². The van der Waals surface area contributed by atoms with Crippen LogP contribution in [0.4, 0.5) is 5.69 Å². The fraction of sp³-hybridized carbons (Fsp3) is 0.419. The van der Waals surface area contributed by atoms with E-state index in [9.17, 15) is 0 Å². The van der Waals surface area contributed by atoms with E-state index in [1.807, 2.05) is 26.1 Å². The first-order chi connectivity index (χ1) is 18.0. The van der Waals surface area contributed by atoms with Gasteiger partial charge in [0.05, 0.1) is 28.8 Å². The normalized spacial score (nSPS) is 15.3. The van der Waals surface area contributed by atoms with Crippen molar-refractivity contribution >= 4 is 27.8 Å². The van der Waals surface area contributed by atoms with Crippen molar-refractivity contribution in [2.45, 2.75) is 47.6 Å². The molecule has 1 saturated heterocycles. The van der Waals surface area contributed by atoms with Crippen molar-refractivity contribution in [2.24, 2.45) is 0 Å². The molecule has 37 heavy (non-hydrogen) atoms. The van der Waals surface area contributed by atoms with E-state index in [-0.39, 0.29) is 0 Å². The van der Waals surface area contributed by atoms with Gasteiger partial charge in [-0.1, -0.05) is 32.1 Å². The number of allylic oxidation sites excluding steroid dienone is 2. The number of imidazole rings is 1. The first-order valence-corrected chi connectivity index (χ1v) is 13.7. The van der Waals surface area contributed by atoms with Crippen LogP contribution in [0.2, 0.25) is 0 Å². The standard InChI is InChI=1S/C29H36N6.C2H6/c1-5-22(4)28-29(35-12-7-6-8-27(35)32-28)23-9-10-26-24(18-23)19-25(20-31-26)30-11-13-33-14-16-34(17-15-33)21(2)3;1-2/h5-10,12,18-21,30H,11,13-17H2,1-4H3;1-2H3/b22-5+;. The zero-order valence-electron chi connectivity index (χ0n) is 23.3. The Morgan fingerprint density at radius 1 is 1.05 bits per heavy atom. The number of nitrogens with one attached hydrogen (secondary N) is 1. The zero-order chi connectivity index (χ0) is 26.4. The van der Waals surface area contributed by atoms with Gasteiger partial charge in [-0.15, -0.1) is 0 Å². The highest BCUT2D eigenvalue weighted by Crippen LogP contribution is 2.32. The van der Waals surface area contributed by atoms with E-state index < -0.39 is 0 Å². The quantitative estimate of drug-likeness (QED) is 0.318. The molecule has 4 heterocycles. The van der Waals surface area contributed by atoms with Gasteiger partial charge >= 0.3 is 0 Å². The summed E-state index contributed by atoms with van der Waals surface area (Å²) in [6.45, 7) is 19.4. The van der Waals surface area contributed by atoms with E-state index in [1.54, 1.807) is 0 Å². The molecule has 0 spiro atoms. The smallest absolute Gasteiger partial charge is 0.137 e. The molecule has 1 aliphatic rings. The minimum Gasteiger partial charge on any atom is -0.382 e. The number of hydrogen-bond acceptors (Lipinski definition) is 5. The molecule has 1 fully saturated rings. The van der Waals surface area contributed by atoms with Crippen molar-refractivity contribution in [3.63, 3.8) is 0 Å². The highest BCUT2D eigenvalue weighted by Gasteiger charge is 2.18. The van der Waals surface area contributed by atoms with Crippen LogP contribution in [0, 0.1) is 0 Å². The second-order valence-electron chi connectivity index (χ2n) is 9.74. The molecular formula is C31H42N6. The number of hydrogen-bond donors (Lipinski definition) is 1. The molecule has 1 N–H and O–H groups in total. The number of benzene rings is 1. The summed E-state index contributed by atoms with van der Waals surface area (Å²) >= 11 is 0. The van der Waals surface area contributed by atoms with Gasteiger partial charge in [-0.25, -0.2) is 4.98 Å². The summed E-state index contributed by atoms with van der Waals surface area (Å²) < 4.78 is 2.18. The van der Waals surface area contributed by atoms with Crippen molar-refractivity contribution in [1.82, 2.24) is 24.2 Å². The fourth-order valence-corrected chi connectivity index (χ4v) is 4.92. The van der Waals surface area contributed by atoms with Gasteiger partial charge in [0.15, 0.2) is 0 Å². The Hall–Kier alpha value is -3.22. The lowest BCUT2D eigenvalue weighted by atomic mass is 10.0. The van der Waals surface area contributed by atoms with Gasteiger partial charge in [-0.2, -0.15) is 0 Å². The number of pyridine rings is 2. The zero-order valence-corrected chi connectivity index (χ0v) is 23.3. The van der Waals surface area contributed by atoms with Crippen LogP contribution in [-0.2, 0) is 0 Å². The van der Waals surface area contributed by atoms with Crippen molar-refractivity contribution < 1.29 is 0 Å². The lowest BCUT2D eigenvalue weighted by Crippen LogP contribution is -2.49. The number of aromatic nitrogens is 3. The Morgan fingerprint density at radius 2 is 1.84 bits per heavy atom. The second kappa shape index (κ2) is 12.3. The Labute approximate surface area is 222 Å². The monoisotopic (exact) mass is 498 g/mol. The molecule has 0 amide bonds. The van der Waals surface area contributed by atoms with Gasteiger partial charge in [0.25, 0.3) is 0 Å². The van der Waals surface area contributed by atoms with Crippen LogP contribution in [0.3, 0.4) is 0 Å². The Kier molecular flexibility index (Phi) is 8.95. The highest BCUT2D eigenvalue weighted by molar-refractivity contribution is 5.89. The summed E-state index contributed by atoms with van der Waals surface area (Å²) in [5.41, 5.74) is 7.50. The molecule has 4 aromatic rings. The Balaban J connectivity index is 0.00000156. The molecule has 5 rings (SSSR count). The maximum absolute atomic E-state index is 4.92. The molecule has 6 nitrogen and oxygen atoms in total. The fourth-order valence-electron chi connectivity index (χ4n) is 4.92. The third-order valence-corrected chi connectivity index (χ3v) is 7.19. The van der Waals surface area contributed by atoms with E-state index in [0.29, 0.717) is 6.04 Å². The summed E-state index contributed by atoms with van der Waals surface area (Å²) in [6.07, 6.45) is 6.16. The van der Waals surface area contributed by atoms with Crippen LogP contribution in [0.25, 0.3) is 33.4 Å². The van der Waals surface area contributed by atoms with Crippen LogP contribution >= 0.6 is 0 Å². The first kappa shape index (κ1) is 26.8. The topological polar surface area (TPSA) is 48.7 Å². The minimum atomic E-state index is 0.641. The third-order valence-electron chi connectivity index (χ3n) is 7.19. The van der Waals surface area contributed by atoms with Gasteiger partial charge in [0, 0.05) is 62.5 Å². The van der Waals surface area contributed by atoms with E-state index in [0.717, 1.165) is 78.5 Å². The SMILES string of the molecule is C/C=C(\C)c1nc2ccccn2c1-c1ccc2ncc(NCCN3CCN(C(C)C)CC3)cc2c1.CC. The molecule has 0 bridgehead atoms. The molecular weight excluding hydrogens is 456 g/mol. The average Bonchev–Trinajstić information content (AvgIpc) is 3.33. The maximum Gasteiger partial charge on any atom is 0.137 e. The molecule has 3 aromatic heterocycles. The molecule has 196 valence electrons. The maximum atomic E-state index is 4.92. The van der Waals surface area contributed by atoms with Crippen molar-refractivity contribution in [2.75, 3.05) is 44.6 Å². The molecule has 0 aliphatic carbocycles. The summed E-state index contributed by atoms with van der Waals surface area (Å²) in [6, 6.07) is 15.5. The molecule has 1 aromatic carbocycles.